The van der Waals surface area contributed by atoms with Crippen molar-refractivity contribution in [3.63, 3.8) is 0 Å². The van der Waals surface area contributed by atoms with Crippen LogP contribution in [0.1, 0.15) is 0 Å². The van der Waals surface area contributed by atoms with Crippen LogP contribution in [0, 0.1) is 0 Å². The number of rotatable bonds is 2. The van der Waals surface area contributed by atoms with E-state index in [0.29, 0.717) is 0 Å². The molecule has 0 saturated carbocycles. The Labute approximate surface area is 108 Å². The molecule has 1 saturated heterocycles. The Balaban J connectivity index is 3.46. The van der Waals surface area contributed by atoms with Crippen molar-refractivity contribution in [3.05, 3.63) is 0 Å². The van der Waals surface area contributed by atoms with Gasteiger partial charge in [0, 0.05) is 0 Å². The van der Waals surface area contributed by atoms with Crippen molar-refractivity contribution in [1.29, 1.82) is 0 Å². The predicted molar refractivity (Wildman–Crippen MR) is 46.8 cm³/mol. The molecular formula is C4HF7O6S3. The maximum Gasteiger partial charge on any atom is 0.497 e. The van der Waals surface area contributed by atoms with Crippen LogP contribution in [0.5, 0.6) is 0 Å². The van der Waals surface area contributed by atoms with Crippen LogP contribution in [0.2, 0.25) is 0 Å². The molecule has 0 aromatic heterocycles. The molecule has 0 amide bonds. The molecule has 1 heterocycles. The Morgan fingerprint density at radius 2 is 1.20 bits per heavy atom. The minimum Gasteiger partial charge on any atom is -0.247 e. The number of hydrogen-bond donors (Lipinski definition) is 0. The van der Waals surface area contributed by atoms with E-state index in [1.807, 2.05) is 0 Å². The Morgan fingerprint density at radius 1 is 0.900 bits per heavy atom. The largest absolute Gasteiger partial charge is 0.497 e. The molecule has 1 rings (SSSR count). The molecule has 120 valence electrons. The van der Waals surface area contributed by atoms with E-state index in [9.17, 15) is 51.8 Å². The van der Waals surface area contributed by atoms with E-state index in [1.165, 1.54) is 0 Å². The van der Waals surface area contributed by atoms with E-state index in [4.69, 9.17) is 0 Å². The van der Waals surface area contributed by atoms with Gasteiger partial charge in [-0.1, -0.05) is 0 Å². The molecule has 1 fully saturated rings. The van der Waals surface area contributed by atoms with Gasteiger partial charge in [-0.25, -0.2) is 25.2 Å². The molecule has 0 aliphatic carbocycles. The lowest BCUT2D eigenvalue weighted by Gasteiger charge is -2.13. The Morgan fingerprint density at radius 3 is 1.45 bits per heavy atom. The molecule has 0 N–H and O–H groups in total. The second-order valence-electron chi connectivity index (χ2n) is 3.19. The molecule has 0 bridgehead atoms. The lowest BCUT2D eigenvalue weighted by atomic mass is 10.7. The van der Waals surface area contributed by atoms with E-state index in [-0.39, 0.29) is 0 Å². The number of sulfone groups is 2. The van der Waals surface area contributed by atoms with Crippen LogP contribution in [0.25, 0.3) is 0 Å². The first kappa shape index (κ1) is 17.6. The normalized spacial score (nSPS) is 29.1. The fourth-order valence-electron chi connectivity index (χ4n) is 0.969. The minimum absolute atomic E-state index is 2.89. The summed E-state index contributed by atoms with van der Waals surface area (Å²) in [4.78, 5) is 0. The van der Waals surface area contributed by atoms with E-state index in [1.54, 1.807) is 0 Å². The summed E-state index contributed by atoms with van der Waals surface area (Å²) >= 11 is -4.71. The SMILES string of the molecule is O=S(OC1S(=O)(=O)C(F)(F)C(F)(F)S1(=O)=O)C(F)(F)F. The topological polar surface area (TPSA) is 94.6 Å². The molecule has 16 heteroatoms. The molecule has 0 aromatic rings. The second-order valence-corrected chi connectivity index (χ2v) is 8.67. The first-order valence-electron chi connectivity index (χ1n) is 3.89. The van der Waals surface area contributed by atoms with Crippen LogP contribution in [0.15, 0.2) is 0 Å². The van der Waals surface area contributed by atoms with Crippen molar-refractivity contribution in [2.75, 3.05) is 0 Å². The smallest absolute Gasteiger partial charge is 0.247 e. The summed E-state index contributed by atoms with van der Waals surface area (Å²) in [6, 6.07) is 0. The Bertz CT molecular complexity index is 601. The van der Waals surface area contributed by atoms with Gasteiger partial charge >= 0.3 is 16.0 Å². The molecule has 1 aliphatic heterocycles. The third-order valence-corrected chi connectivity index (χ3v) is 7.70. The minimum atomic E-state index is -6.72. The van der Waals surface area contributed by atoms with Crippen molar-refractivity contribution in [3.8, 4) is 0 Å². The van der Waals surface area contributed by atoms with E-state index in [0.717, 1.165) is 0 Å². The standard InChI is InChI=1S/C4HF7O6S3/c5-2(6)3(7,8)20(15,16)1(19(2,13)14)17-18(12)4(9,10)11/h1H. The van der Waals surface area contributed by atoms with Gasteiger partial charge in [0.2, 0.25) is 0 Å². The monoisotopic (exact) mass is 374 g/mol. The third kappa shape index (κ3) is 2.03. The molecule has 0 aromatic carbocycles. The zero-order chi connectivity index (χ0) is 16.4. The van der Waals surface area contributed by atoms with Crippen LogP contribution in [0.4, 0.5) is 30.7 Å². The fraction of sp³-hybridized carbons (Fsp3) is 1.00. The molecule has 6 nitrogen and oxygen atoms in total. The summed E-state index contributed by atoms with van der Waals surface area (Å²) in [6.07, 6.45) is 0. The van der Waals surface area contributed by atoms with Crippen LogP contribution >= 0.6 is 0 Å². The summed E-state index contributed by atoms with van der Waals surface area (Å²) in [5, 5.41) is -12.4. The summed E-state index contributed by atoms with van der Waals surface area (Å²) in [5.74, 6) is 0. The summed E-state index contributed by atoms with van der Waals surface area (Å²) < 4.78 is 139. The van der Waals surface area contributed by atoms with Gasteiger partial charge in [-0.15, -0.1) is 0 Å². The van der Waals surface area contributed by atoms with Crippen LogP contribution in [-0.4, -0.2) is 41.8 Å². The van der Waals surface area contributed by atoms with E-state index < -0.39 is 51.5 Å². The quantitative estimate of drug-likeness (QED) is 0.654. The number of hydrogen-bond acceptors (Lipinski definition) is 6. The van der Waals surface area contributed by atoms with Crippen LogP contribution in [0.3, 0.4) is 0 Å². The summed E-state index contributed by atoms with van der Waals surface area (Å²) in [7, 11) is -13.4. The van der Waals surface area contributed by atoms with Gasteiger partial charge in [-0.2, -0.15) is 30.7 Å². The second kappa shape index (κ2) is 4.26. The van der Waals surface area contributed by atoms with Crippen molar-refractivity contribution in [2.24, 2.45) is 0 Å². The zero-order valence-electron chi connectivity index (χ0n) is 8.40. The van der Waals surface area contributed by atoms with Gasteiger partial charge in [0.25, 0.3) is 35.5 Å². The highest BCUT2D eigenvalue weighted by atomic mass is 32.3. The highest BCUT2D eigenvalue weighted by Gasteiger charge is 2.85. The van der Waals surface area contributed by atoms with E-state index >= 15 is 0 Å². The molecule has 0 spiro atoms. The molecule has 20 heavy (non-hydrogen) atoms. The average Bonchev–Trinajstić information content (AvgIpc) is 2.27. The highest BCUT2D eigenvalue weighted by Crippen LogP contribution is 2.54. The lowest BCUT2D eigenvalue weighted by molar-refractivity contribution is -0.0920. The third-order valence-electron chi connectivity index (χ3n) is 1.92. The predicted octanol–water partition coefficient (Wildman–Crippen LogP) is 0.499. The van der Waals surface area contributed by atoms with Crippen LogP contribution < -0.4 is 0 Å². The molecule has 1 unspecified atom stereocenters. The van der Waals surface area contributed by atoms with Crippen LogP contribution in [-0.2, 0) is 34.9 Å². The fourth-order valence-corrected chi connectivity index (χ4v) is 6.38. The maximum absolute atomic E-state index is 12.8. The van der Waals surface area contributed by atoms with Gasteiger partial charge < -0.3 is 0 Å². The summed E-state index contributed by atoms with van der Waals surface area (Å²) in [6.45, 7) is 0. The molecular weight excluding hydrogens is 373 g/mol. The van der Waals surface area contributed by atoms with Gasteiger partial charge in [0.05, 0.1) is 0 Å². The number of halogens is 7. The highest BCUT2D eigenvalue weighted by molar-refractivity contribution is 8.13. The molecule has 1 aliphatic rings. The molecule has 0 radical (unpaired) electrons. The average molecular weight is 374 g/mol. The first-order valence-corrected chi connectivity index (χ1v) is 8.06. The van der Waals surface area contributed by atoms with Gasteiger partial charge in [-0.05, 0) is 0 Å². The zero-order valence-corrected chi connectivity index (χ0v) is 10.8. The van der Waals surface area contributed by atoms with Crippen molar-refractivity contribution in [1.82, 2.24) is 0 Å². The summed E-state index contributed by atoms with van der Waals surface area (Å²) in [5.41, 5.74) is -5.86. The Hall–Kier alpha value is -0.480. The maximum atomic E-state index is 12.8. The van der Waals surface area contributed by atoms with E-state index in [2.05, 4.69) is 4.18 Å². The van der Waals surface area contributed by atoms with Crippen molar-refractivity contribution >= 4 is 30.8 Å². The molecule has 1 atom stereocenters. The van der Waals surface area contributed by atoms with Crippen molar-refractivity contribution < 1.29 is 56.0 Å². The number of alkyl halides is 7. The van der Waals surface area contributed by atoms with Gasteiger partial charge in [0.1, 0.15) is 0 Å². The van der Waals surface area contributed by atoms with Crippen molar-refractivity contribution in [2.45, 2.75) is 20.8 Å². The van der Waals surface area contributed by atoms with Gasteiger partial charge in [-0.3, -0.25) is 0 Å². The van der Waals surface area contributed by atoms with Gasteiger partial charge in [0.15, 0.2) is 0 Å². The Kier molecular flexibility index (Phi) is 3.74. The first-order chi connectivity index (χ1) is 8.51. The lowest BCUT2D eigenvalue weighted by Crippen LogP contribution is -2.42.